The summed E-state index contributed by atoms with van der Waals surface area (Å²) < 4.78 is 6.16. The normalized spacial score (nSPS) is 17.6. The van der Waals surface area contributed by atoms with Gasteiger partial charge in [-0.15, -0.1) is 0 Å². The Morgan fingerprint density at radius 2 is 2.11 bits per heavy atom. The highest BCUT2D eigenvalue weighted by atomic mass is 79.9. The molecule has 0 spiro atoms. The molecule has 1 fully saturated rings. The van der Waals surface area contributed by atoms with Crippen molar-refractivity contribution < 1.29 is 14.6 Å². The maximum atomic E-state index is 10.8. The van der Waals surface area contributed by atoms with Gasteiger partial charge in [-0.2, -0.15) is 0 Å². The molecule has 1 saturated heterocycles. The van der Waals surface area contributed by atoms with Crippen molar-refractivity contribution in [3.63, 3.8) is 0 Å². The van der Waals surface area contributed by atoms with Crippen LogP contribution in [0.4, 0.5) is 5.69 Å². The van der Waals surface area contributed by atoms with Crippen molar-refractivity contribution in [2.24, 2.45) is 5.73 Å². The lowest BCUT2D eigenvalue weighted by Gasteiger charge is -2.30. The maximum absolute atomic E-state index is 10.8. The summed E-state index contributed by atoms with van der Waals surface area (Å²) in [6.45, 7) is 3.09. The van der Waals surface area contributed by atoms with E-state index < -0.39 is 12.0 Å². The fraction of sp³-hybridized carbons (Fsp3) is 0.417. The number of carboxylic acid groups (broad SMARTS) is 1. The standard InChI is InChI=1S/C12H15BrN2O3/c13-9-7-8(11(14)12(16)17)1-2-10(9)15-3-5-18-6-4-15/h1-2,7,11H,3-6,14H2,(H,16,17)/t11-/m0/s1. The summed E-state index contributed by atoms with van der Waals surface area (Å²) in [7, 11) is 0. The summed E-state index contributed by atoms with van der Waals surface area (Å²) in [6, 6.07) is 4.44. The quantitative estimate of drug-likeness (QED) is 0.881. The Kier molecular flexibility index (Phi) is 4.21. The van der Waals surface area contributed by atoms with Gasteiger partial charge >= 0.3 is 5.97 Å². The summed E-state index contributed by atoms with van der Waals surface area (Å²) >= 11 is 3.47. The van der Waals surface area contributed by atoms with Crippen molar-refractivity contribution in [3.8, 4) is 0 Å². The van der Waals surface area contributed by atoms with Gasteiger partial charge in [-0.1, -0.05) is 6.07 Å². The van der Waals surface area contributed by atoms with Gasteiger partial charge in [-0.25, -0.2) is 0 Å². The minimum Gasteiger partial charge on any atom is -0.480 e. The van der Waals surface area contributed by atoms with E-state index in [1.807, 2.05) is 6.07 Å². The zero-order chi connectivity index (χ0) is 13.1. The van der Waals surface area contributed by atoms with Crippen LogP contribution in [0.5, 0.6) is 0 Å². The first kappa shape index (κ1) is 13.3. The third-order valence-corrected chi connectivity index (χ3v) is 3.58. The van der Waals surface area contributed by atoms with Crippen LogP contribution in [0.1, 0.15) is 11.6 Å². The molecule has 3 N–H and O–H groups in total. The van der Waals surface area contributed by atoms with Crippen molar-refractivity contribution >= 4 is 27.6 Å². The number of anilines is 1. The Hall–Kier alpha value is -1.11. The zero-order valence-corrected chi connectivity index (χ0v) is 11.4. The number of rotatable bonds is 3. The molecule has 0 bridgehead atoms. The monoisotopic (exact) mass is 314 g/mol. The highest BCUT2D eigenvalue weighted by Gasteiger charge is 2.18. The maximum Gasteiger partial charge on any atom is 0.325 e. The molecule has 1 aromatic rings. The van der Waals surface area contributed by atoms with Crippen LogP contribution in [0.15, 0.2) is 22.7 Å². The number of nitrogens with two attached hydrogens (primary N) is 1. The van der Waals surface area contributed by atoms with Crippen LogP contribution < -0.4 is 10.6 Å². The molecule has 0 radical (unpaired) electrons. The number of ether oxygens (including phenoxy) is 1. The van der Waals surface area contributed by atoms with E-state index in [1.165, 1.54) is 0 Å². The topological polar surface area (TPSA) is 75.8 Å². The van der Waals surface area contributed by atoms with Crippen molar-refractivity contribution in [2.75, 3.05) is 31.2 Å². The molecule has 0 amide bonds. The summed E-state index contributed by atoms with van der Waals surface area (Å²) in [4.78, 5) is 13.0. The lowest BCUT2D eigenvalue weighted by Crippen LogP contribution is -2.36. The summed E-state index contributed by atoms with van der Waals surface area (Å²) in [5, 5.41) is 8.88. The third-order valence-electron chi connectivity index (χ3n) is 2.95. The molecule has 1 aromatic carbocycles. The van der Waals surface area contributed by atoms with Crippen LogP contribution in [-0.2, 0) is 9.53 Å². The summed E-state index contributed by atoms with van der Waals surface area (Å²) in [6.07, 6.45) is 0. The molecule has 1 aliphatic rings. The van der Waals surface area contributed by atoms with Gasteiger partial charge in [-0.05, 0) is 33.6 Å². The fourth-order valence-corrected chi connectivity index (χ4v) is 2.57. The van der Waals surface area contributed by atoms with Crippen molar-refractivity contribution in [3.05, 3.63) is 28.2 Å². The number of aliphatic carboxylic acids is 1. The SMILES string of the molecule is N[C@H](C(=O)O)c1ccc(N2CCOCC2)c(Br)c1. The number of carboxylic acids is 1. The number of hydrogen-bond acceptors (Lipinski definition) is 4. The van der Waals surface area contributed by atoms with Gasteiger partial charge in [-0.3, -0.25) is 4.79 Å². The smallest absolute Gasteiger partial charge is 0.325 e. The third kappa shape index (κ3) is 2.82. The Morgan fingerprint density at radius 1 is 1.44 bits per heavy atom. The number of benzene rings is 1. The number of halogens is 1. The van der Waals surface area contributed by atoms with Gasteiger partial charge in [0.15, 0.2) is 0 Å². The Bertz CT molecular complexity index is 447. The van der Waals surface area contributed by atoms with Crippen LogP contribution >= 0.6 is 15.9 Å². The summed E-state index contributed by atoms with van der Waals surface area (Å²) in [5.41, 5.74) is 7.21. The molecule has 1 atom stereocenters. The lowest BCUT2D eigenvalue weighted by atomic mass is 10.1. The van der Waals surface area contributed by atoms with E-state index in [0.717, 1.165) is 23.2 Å². The molecule has 1 heterocycles. The fourth-order valence-electron chi connectivity index (χ4n) is 1.92. The molecule has 0 unspecified atom stereocenters. The average Bonchev–Trinajstić information content (AvgIpc) is 2.38. The van der Waals surface area contributed by atoms with Crippen LogP contribution in [0.2, 0.25) is 0 Å². The van der Waals surface area contributed by atoms with Gasteiger partial charge in [0.05, 0.1) is 18.9 Å². The minimum absolute atomic E-state index is 0.589. The molecule has 0 aromatic heterocycles. The van der Waals surface area contributed by atoms with Gasteiger partial charge in [0, 0.05) is 17.6 Å². The Labute approximate surface area is 114 Å². The molecule has 2 rings (SSSR count). The average molecular weight is 315 g/mol. The highest BCUT2D eigenvalue weighted by molar-refractivity contribution is 9.10. The predicted octanol–water partition coefficient (Wildman–Crippen LogP) is 1.37. The number of morpholine rings is 1. The van der Waals surface area contributed by atoms with E-state index in [0.29, 0.717) is 18.8 Å². The number of nitrogens with zero attached hydrogens (tertiary/aromatic N) is 1. The largest absolute Gasteiger partial charge is 0.480 e. The van der Waals surface area contributed by atoms with Gasteiger partial charge in [0.25, 0.3) is 0 Å². The Balaban J connectivity index is 2.21. The first-order valence-corrected chi connectivity index (χ1v) is 6.49. The van der Waals surface area contributed by atoms with Gasteiger partial charge in [0.1, 0.15) is 6.04 Å². The molecule has 1 aliphatic heterocycles. The van der Waals surface area contributed by atoms with Gasteiger partial charge in [0.2, 0.25) is 0 Å². The second-order valence-electron chi connectivity index (χ2n) is 4.13. The first-order valence-electron chi connectivity index (χ1n) is 5.70. The van der Waals surface area contributed by atoms with Gasteiger partial charge < -0.3 is 20.5 Å². The molecular weight excluding hydrogens is 300 g/mol. The zero-order valence-electron chi connectivity index (χ0n) is 9.80. The van der Waals surface area contributed by atoms with E-state index in [-0.39, 0.29) is 0 Å². The van der Waals surface area contributed by atoms with Crippen LogP contribution in [0, 0.1) is 0 Å². The van der Waals surface area contributed by atoms with Crippen molar-refractivity contribution in [2.45, 2.75) is 6.04 Å². The molecule has 5 nitrogen and oxygen atoms in total. The molecule has 6 heteroatoms. The molecule has 98 valence electrons. The van der Waals surface area contributed by atoms with E-state index in [1.54, 1.807) is 12.1 Å². The minimum atomic E-state index is -1.03. The number of hydrogen-bond donors (Lipinski definition) is 2. The highest BCUT2D eigenvalue weighted by Crippen LogP contribution is 2.29. The van der Waals surface area contributed by atoms with Crippen molar-refractivity contribution in [1.29, 1.82) is 0 Å². The second-order valence-corrected chi connectivity index (χ2v) is 4.98. The molecule has 0 aliphatic carbocycles. The predicted molar refractivity (Wildman–Crippen MR) is 71.7 cm³/mol. The number of carbonyl (C=O) groups is 1. The molecule has 0 saturated carbocycles. The van der Waals surface area contributed by atoms with E-state index in [9.17, 15) is 4.79 Å². The molecular formula is C12H15BrN2O3. The van der Waals surface area contributed by atoms with Crippen LogP contribution in [-0.4, -0.2) is 37.4 Å². The van der Waals surface area contributed by atoms with Crippen LogP contribution in [0.3, 0.4) is 0 Å². The van der Waals surface area contributed by atoms with E-state index in [2.05, 4.69) is 20.8 Å². The van der Waals surface area contributed by atoms with Crippen molar-refractivity contribution in [1.82, 2.24) is 0 Å². The molecule has 18 heavy (non-hydrogen) atoms. The Morgan fingerprint density at radius 3 is 2.67 bits per heavy atom. The van der Waals surface area contributed by atoms with E-state index in [4.69, 9.17) is 15.6 Å². The van der Waals surface area contributed by atoms with E-state index >= 15 is 0 Å². The first-order chi connectivity index (χ1) is 8.59. The van der Waals surface area contributed by atoms with Crippen LogP contribution in [0.25, 0.3) is 0 Å². The second kappa shape index (κ2) is 5.69. The summed E-state index contributed by atoms with van der Waals surface area (Å²) in [5.74, 6) is -1.03. The lowest BCUT2D eigenvalue weighted by molar-refractivity contribution is -0.138.